The van der Waals surface area contributed by atoms with Crippen LogP contribution < -0.4 is 0 Å². The van der Waals surface area contributed by atoms with Gasteiger partial charge in [-0.05, 0) is 18.2 Å². The Morgan fingerprint density at radius 1 is 1.12 bits per heavy atom. The molecule has 0 atom stereocenters. The molecule has 0 spiro atoms. The van der Waals surface area contributed by atoms with E-state index in [0.29, 0.717) is 25.5 Å². The quantitative estimate of drug-likeness (QED) is 0.691. The second kappa shape index (κ2) is 7.63. The van der Waals surface area contributed by atoms with E-state index < -0.39 is 0 Å². The molecule has 1 fully saturated rings. The van der Waals surface area contributed by atoms with Gasteiger partial charge in [0, 0.05) is 36.4 Å². The summed E-state index contributed by atoms with van der Waals surface area (Å²) in [5.74, 6) is 0.144. The SMILES string of the molecule is O=C(Cc1cc2cc(-c3cnccn3)ccc2nn1)CN1CCOCC1. The number of carbonyl (C=O) groups is 1. The van der Waals surface area contributed by atoms with E-state index in [1.54, 1.807) is 18.6 Å². The number of ether oxygens (including phenoxy) is 1. The molecule has 0 N–H and O–H groups in total. The predicted molar refractivity (Wildman–Crippen MR) is 96.5 cm³/mol. The van der Waals surface area contributed by atoms with Crippen LogP contribution in [0.4, 0.5) is 0 Å². The van der Waals surface area contributed by atoms with Crippen molar-refractivity contribution < 1.29 is 9.53 Å². The number of Topliss-reactive ketones (excluding diaryl/α,β-unsaturated/α-hetero) is 1. The first-order valence-corrected chi connectivity index (χ1v) is 8.62. The van der Waals surface area contributed by atoms with Gasteiger partial charge in [-0.25, -0.2) is 0 Å². The summed E-state index contributed by atoms with van der Waals surface area (Å²) < 4.78 is 5.31. The van der Waals surface area contributed by atoms with Crippen molar-refractivity contribution in [3.8, 4) is 11.3 Å². The minimum atomic E-state index is 0.144. The summed E-state index contributed by atoms with van der Waals surface area (Å²) in [7, 11) is 0. The number of morpholine rings is 1. The van der Waals surface area contributed by atoms with Crippen LogP contribution in [0.1, 0.15) is 5.69 Å². The topological polar surface area (TPSA) is 81.1 Å². The predicted octanol–water partition coefficient (Wildman–Crippen LogP) is 1.53. The molecule has 2 aromatic heterocycles. The van der Waals surface area contributed by atoms with E-state index in [-0.39, 0.29) is 12.2 Å². The Kier molecular flexibility index (Phi) is 4.90. The first-order valence-electron chi connectivity index (χ1n) is 8.62. The molecule has 0 bridgehead atoms. The lowest BCUT2D eigenvalue weighted by atomic mass is 10.1. The zero-order valence-electron chi connectivity index (χ0n) is 14.3. The molecular weight excluding hydrogens is 330 g/mol. The molecule has 26 heavy (non-hydrogen) atoms. The highest BCUT2D eigenvalue weighted by atomic mass is 16.5. The average molecular weight is 349 g/mol. The second-order valence-corrected chi connectivity index (χ2v) is 6.30. The molecule has 0 radical (unpaired) electrons. The van der Waals surface area contributed by atoms with E-state index in [2.05, 4.69) is 25.1 Å². The highest BCUT2D eigenvalue weighted by molar-refractivity contribution is 5.86. The number of hydrogen-bond acceptors (Lipinski definition) is 7. The second-order valence-electron chi connectivity index (χ2n) is 6.30. The van der Waals surface area contributed by atoms with Crippen molar-refractivity contribution in [1.29, 1.82) is 0 Å². The van der Waals surface area contributed by atoms with E-state index in [1.807, 2.05) is 24.3 Å². The fourth-order valence-electron chi connectivity index (χ4n) is 3.05. The zero-order chi connectivity index (χ0) is 17.8. The summed E-state index contributed by atoms with van der Waals surface area (Å²) in [6, 6.07) is 7.79. The normalized spacial score (nSPS) is 15.2. The third kappa shape index (κ3) is 3.89. The smallest absolute Gasteiger partial charge is 0.152 e. The molecule has 1 aromatic carbocycles. The van der Waals surface area contributed by atoms with Crippen LogP contribution in [-0.4, -0.2) is 63.7 Å². The molecule has 0 unspecified atom stereocenters. The van der Waals surface area contributed by atoms with Crippen molar-refractivity contribution in [2.45, 2.75) is 6.42 Å². The number of fused-ring (bicyclic) bond motifs is 1. The molecule has 4 rings (SSSR count). The van der Waals surface area contributed by atoms with Crippen molar-refractivity contribution in [3.05, 3.63) is 48.5 Å². The van der Waals surface area contributed by atoms with Gasteiger partial charge in [-0.15, -0.1) is 0 Å². The summed E-state index contributed by atoms with van der Waals surface area (Å²) in [5.41, 5.74) is 3.24. The van der Waals surface area contributed by atoms with Crippen LogP contribution in [0.25, 0.3) is 22.2 Å². The van der Waals surface area contributed by atoms with Crippen molar-refractivity contribution in [2.24, 2.45) is 0 Å². The summed E-state index contributed by atoms with van der Waals surface area (Å²) in [4.78, 5) is 22.9. The van der Waals surface area contributed by atoms with E-state index in [0.717, 1.165) is 35.2 Å². The molecule has 0 saturated carbocycles. The van der Waals surface area contributed by atoms with Crippen molar-refractivity contribution in [3.63, 3.8) is 0 Å². The van der Waals surface area contributed by atoms with E-state index in [9.17, 15) is 4.79 Å². The monoisotopic (exact) mass is 349 g/mol. The first kappa shape index (κ1) is 16.7. The van der Waals surface area contributed by atoms with Crippen molar-refractivity contribution in [2.75, 3.05) is 32.8 Å². The van der Waals surface area contributed by atoms with Crippen LogP contribution in [0.15, 0.2) is 42.9 Å². The van der Waals surface area contributed by atoms with Crippen molar-refractivity contribution in [1.82, 2.24) is 25.1 Å². The first-order chi connectivity index (χ1) is 12.8. The van der Waals surface area contributed by atoms with Gasteiger partial charge in [-0.3, -0.25) is 19.7 Å². The fourth-order valence-corrected chi connectivity index (χ4v) is 3.05. The number of nitrogens with zero attached hydrogens (tertiary/aromatic N) is 5. The number of benzene rings is 1. The Labute approximate surface area is 151 Å². The zero-order valence-corrected chi connectivity index (χ0v) is 14.3. The Morgan fingerprint density at radius 2 is 2.00 bits per heavy atom. The van der Waals surface area contributed by atoms with Crippen LogP contribution in [0.5, 0.6) is 0 Å². The molecule has 7 nitrogen and oxygen atoms in total. The molecule has 132 valence electrons. The Hall–Kier alpha value is -2.77. The number of carbonyl (C=O) groups excluding carboxylic acids is 1. The molecule has 1 aliphatic rings. The lowest BCUT2D eigenvalue weighted by molar-refractivity contribution is -0.120. The van der Waals surface area contributed by atoms with Gasteiger partial charge >= 0.3 is 0 Å². The van der Waals surface area contributed by atoms with Gasteiger partial charge in [-0.2, -0.15) is 10.2 Å². The van der Waals surface area contributed by atoms with E-state index >= 15 is 0 Å². The van der Waals surface area contributed by atoms with E-state index in [4.69, 9.17) is 4.74 Å². The number of aromatic nitrogens is 4. The maximum Gasteiger partial charge on any atom is 0.152 e. The van der Waals surface area contributed by atoms with Gasteiger partial charge in [0.2, 0.25) is 0 Å². The summed E-state index contributed by atoms with van der Waals surface area (Å²) in [5, 5.41) is 9.39. The van der Waals surface area contributed by atoms with Crippen LogP contribution in [0, 0.1) is 0 Å². The number of ketones is 1. The minimum absolute atomic E-state index is 0.144. The Balaban J connectivity index is 1.51. The minimum Gasteiger partial charge on any atom is -0.379 e. The van der Waals surface area contributed by atoms with Gasteiger partial charge < -0.3 is 4.74 Å². The molecule has 1 saturated heterocycles. The third-order valence-electron chi connectivity index (χ3n) is 4.38. The molecule has 1 aliphatic heterocycles. The summed E-state index contributed by atoms with van der Waals surface area (Å²) >= 11 is 0. The van der Waals surface area contributed by atoms with Crippen LogP contribution in [0.2, 0.25) is 0 Å². The van der Waals surface area contributed by atoms with Gasteiger partial charge in [-0.1, -0.05) is 6.07 Å². The highest BCUT2D eigenvalue weighted by Gasteiger charge is 2.15. The standard InChI is InChI=1S/C19H19N5O2/c25-17(13-24-5-7-26-8-6-24)11-16-10-15-9-14(1-2-18(15)23-22-16)19-12-20-3-4-21-19/h1-4,9-10,12H,5-8,11,13H2. The largest absolute Gasteiger partial charge is 0.379 e. The molecule has 3 heterocycles. The molecule has 7 heteroatoms. The highest BCUT2D eigenvalue weighted by Crippen LogP contribution is 2.21. The van der Waals surface area contributed by atoms with E-state index in [1.165, 1.54) is 0 Å². The number of hydrogen-bond donors (Lipinski definition) is 0. The molecular formula is C19H19N5O2. The lowest BCUT2D eigenvalue weighted by Gasteiger charge is -2.25. The third-order valence-corrected chi connectivity index (χ3v) is 4.38. The van der Waals surface area contributed by atoms with Crippen molar-refractivity contribution >= 4 is 16.7 Å². The van der Waals surface area contributed by atoms with Gasteiger partial charge in [0.1, 0.15) is 0 Å². The molecule has 0 aliphatic carbocycles. The average Bonchev–Trinajstić information content (AvgIpc) is 2.69. The Morgan fingerprint density at radius 3 is 2.81 bits per heavy atom. The lowest BCUT2D eigenvalue weighted by Crippen LogP contribution is -2.40. The maximum atomic E-state index is 12.3. The maximum absolute atomic E-state index is 12.3. The van der Waals surface area contributed by atoms with Crippen LogP contribution >= 0.6 is 0 Å². The van der Waals surface area contributed by atoms with Crippen LogP contribution in [-0.2, 0) is 16.0 Å². The molecule has 3 aromatic rings. The summed E-state index contributed by atoms with van der Waals surface area (Å²) in [6.07, 6.45) is 5.33. The van der Waals surface area contributed by atoms with Gasteiger partial charge in [0.05, 0.1) is 49.3 Å². The van der Waals surface area contributed by atoms with Gasteiger partial charge in [0.25, 0.3) is 0 Å². The Bertz CT molecular complexity index is 910. The number of rotatable bonds is 5. The molecule has 0 amide bonds. The van der Waals surface area contributed by atoms with Crippen LogP contribution in [0.3, 0.4) is 0 Å². The summed E-state index contributed by atoms with van der Waals surface area (Å²) in [6.45, 7) is 3.42. The van der Waals surface area contributed by atoms with Gasteiger partial charge in [0.15, 0.2) is 5.78 Å². The fraction of sp³-hybridized carbons (Fsp3) is 0.316.